The van der Waals surface area contributed by atoms with Gasteiger partial charge in [-0.05, 0) is 11.5 Å². The summed E-state index contributed by atoms with van der Waals surface area (Å²) in [5, 5.41) is 10.4. The molecule has 1 N–H and O–H groups in total. The lowest BCUT2D eigenvalue weighted by Gasteiger charge is -2.24. The zero-order chi connectivity index (χ0) is 12.0. The average molecular weight is 228 g/mol. The number of benzene rings is 1. The lowest BCUT2D eigenvalue weighted by atomic mass is 9.93. The third-order valence-electron chi connectivity index (χ3n) is 3.53. The Balaban J connectivity index is 2.17. The first-order valence-corrected chi connectivity index (χ1v) is 5.99. The van der Waals surface area contributed by atoms with Gasteiger partial charge in [0.1, 0.15) is 0 Å². The Morgan fingerprint density at radius 1 is 1.29 bits per heavy atom. The normalized spacial score (nSPS) is 19.2. The summed E-state index contributed by atoms with van der Waals surface area (Å²) in [7, 11) is 0. The first-order chi connectivity index (χ1) is 8.20. The van der Waals surface area contributed by atoms with Crippen LogP contribution in [0, 0.1) is 5.92 Å². The van der Waals surface area contributed by atoms with Crippen molar-refractivity contribution in [2.45, 2.75) is 26.0 Å². The molecule has 2 atom stereocenters. The molecule has 0 bridgehead atoms. The number of aromatic nitrogens is 2. The van der Waals surface area contributed by atoms with Crippen LogP contribution in [0.3, 0.4) is 0 Å². The quantitative estimate of drug-likeness (QED) is 0.857. The van der Waals surface area contributed by atoms with Crippen LogP contribution >= 0.6 is 0 Å². The van der Waals surface area contributed by atoms with Gasteiger partial charge in [0.05, 0.1) is 30.4 Å². The van der Waals surface area contributed by atoms with Crippen LogP contribution in [0.5, 0.6) is 0 Å². The highest BCUT2D eigenvalue weighted by Crippen LogP contribution is 2.41. The fourth-order valence-corrected chi connectivity index (χ4v) is 2.59. The van der Waals surface area contributed by atoms with Gasteiger partial charge in [-0.1, -0.05) is 38.1 Å². The molecular formula is C14H16N2O. The molecule has 3 rings (SSSR count). The minimum atomic E-state index is -0.383. The van der Waals surface area contributed by atoms with Gasteiger partial charge in [0.2, 0.25) is 0 Å². The van der Waals surface area contributed by atoms with Crippen LogP contribution in [0.25, 0.3) is 11.3 Å². The number of hydrogen-bond acceptors (Lipinski definition) is 2. The molecule has 0 radical (unpaired) electrons. The second-order valence-electron chi connectivity index (χ2n) is 4.95. The number of fused-ring (bicyclic) bond motifs is 3. The smallest absolute Gasteiger partial charge is 0.0957 e. The predicted molar refractivity (Wildman–Crippen MR) is 66.6 cm³/mol. The molecule has 0 amide bonds. The molecule has 17 heavy (non-hydrogen) atoms. The van der Waals surface area contributed by atoms with Crippen LogP contribution in [0.1, 0.15) is 25.5 Å². The largest absolute Gasteiger partial charge is 0.390 e. The Bertz CT molecular complexity index is 545. The Morgan fingerprint density at radius 3 is 2.82 bits per heavy atom. The lowest BCUT2D eigenvalue weighted by molar-refractivity contribution is 0.0880. The second-order valence-corrected chi connectivity index (χ2v) is 4.95. The third-order valence-corrected chi connectivity index (χ3v) is 3.53. The maximum absolute atomic E-state index is 10.4. The molecule has 2 heterocycles. The SMILES string of the molecule is CC(C)[C@H](O)[C@@H]1c2ccccc2-c2cncn21. The van der Waals surface area contributed by atoms with Crippen molar-refractivity contribution in [1.82, 2.24) is 9.55 Å². The standard InChI is InChI=1S/C14H16N2O/c1-9(2)14(17)13-11-6-4-3-5-10(11)12-7-15-8-16(12)13/h3-9,13-14,17H,1-2H3/t13-,14-/m0/s1. The minimum absolute atomic E-state index is 0.00343. The molecule has 0 unspecified atom stereocenters. The molecule has 0 spiro atoms. The second kappa shape index (κ2) is 3.70. The Labute approximate surface area is 101 Å². The first-order valence-electron chi connectivity index (χ1n) is 5.99. The summed E-state index contributed by atoms with van der Waals surface area (Å²) < 4.78 is 2.08. The monoisotopic (exact) mass is 228 g/mol. The molecule has 0 fully saturated rings. The van der Waals surface area contributed by atoms with E-state index in [1.165, 1.54) is 11.1 Å². The van der Waals surface area contributed by atoms with Crippen molar-refractivity contribution in [2.24, 2.45) is 5.92 Å². The summed E-state index contributed by atoms with van der Waals surface area (Å²) in [5.41, 5.74) is 3.49. The van der Waals surface area contributed by atoms with Crippen molar-refractivity contribution in [3.05, 3.63) is 42.4 Å². The summed E-state index contributed by atoms with van der Waals surface area (Å²) in [6, 6.07) is 8.25. The average Bonchev–Trinajstić information content (AvgIpc) is 2.87. The predicted octanol–water partition coefficient (Wildman–Crippen LogP) is 2.47. The summed E-state index contributed by atoms with van der Waals surface area (Å²) in [5.74, 6) is 0.224. The molecule has 3 nitrogen and oxygen atoms in total. The van der Waals surface area contributed by atoms with Crippen molar-refractivity contribution in [1.29, 1.82) is 0 Å². The van der Waals surface area contributed by atoms with Crippen molar-refractivity contribution >= 4 is 0 Å². The van der Waals surface area contributed by atoms with Gasteiger partial charge in [-0.15, -0.1) is 0 Å². The number of hydrogen-bond donors (Lipinski definition) is 1. The summed E-state index contributed by atoms with van der Waals surface area (Å²) in [4.78, 5) is 4.19. The Kier molecular flexibility index (Phi) is 2.30. The number of rotatable bonds is 2. The highest BCUT2D eigenvalue weighted by atomic mass is 16.3. The molecule has 0 saturated heterocycles. The number of aliphatic hydroxyl groups excluding tert-OH is 1. The van der Waals surface area contributed by atoms with Gasteiger partial charge in [-0.25, -0.2) is 4.98 Å². The number of nitrogens with zero attached hydrogens (tertiary/aromatic N) is 2. The molecule has 0 saturated carbocycles. The molecular weight excluding hydrogens is 212 g/mol. The van der Waals surface area contributed by atoms with Crippen LogP contribution in [0.2, 0.25) is 0 Å². The number of imidazole rings is 1. The molecule has 2 aromatic rings. The molecule has 1 aromatic heterocycles. The van der Waals surface area contributed by atoms with Crippen molar-refractivity contribution in [2.75, 3.05) is 0 Å². The van der Waals surface area contributed by atoms with E-state index in [1.807, 2.05) is 38.5 Å². The Hall–Kier alpha value is -1.61. The van der Waals surface area contributed by atoms with E-state index in [0.29, 0.717) is 0 Å². The van der Waals surface area contributed by atoms with Crippen LogP contribution in [0.4, 0.5) is 0 Å². The van der Waals surface area contributed by atoms with Gasteiger partial charge in [0, 0.05) is 5.56 Å². The Morgan fingerprint density at radius 2 is 2.06 bits per heavy atom. The van der Waals surface area contributed by atoms with Crippen LogP contribution in [0.15, 0.2) is 36.8 Å². The van der Waals surface area contributed by atoms with E-state index in [-0.39, 0.29) is 18.1 Å². The molecule has 1 aliphatic heterocycles. The van der Waals surface area contributed by atoms with Crippen LogP contribution in [-0.2, 0) is 0 Å². The van der Waals surface area contributed by atoms with Crippen molar-refractivity contribution in [3.63, 3.8) is 0 Å². The third kappa shape index (κ3) is 1.42. The fraction of sp³-hybridized carbons (Fsp3) is 0.357. The summed E-state index contributed by atoms with van der Waals surface area (Å²) >= 11 is 0. The molecule has 1 aromatic carbocycles. The molecule has 88 valence electrons. The van der Waals surface area contributed by atoms with Gasteiger partial charge in [0.15, 0.2) is 0 Å². The first kappa shape index (κ1) is 10.5. The molecule has 3 heteroatoms. The van der Waals surface area contributed by atoms with Crippen molar-refractivity contribution < 1.29 is 5.11 Å². The van der Waals surface area contributed by atoms with E-state index >= 15 is 0 Å². The van der Waals surface area contributed by atoms with Gasteiger partial charge < -0.3 is 9.67 Å². The maximum atomic E-state index is 10.4. The van der Waals surface area contributed by atoms with E-state index in [1.54, 1.807) is 0 Å². The summed E-state index contributed by atoms with van der Waals surface area (Å²) in [6.07, 6.45) is 3.30. The molecule has 0 aliphatic carbocycles. The highest BCUT2D eigenvalue weighted by molar-refractivity contribution is 5.69. The topological polar surface area (TPSA) is 38.1 Å². The zero-order valence-electron chi connectivity index (χ0n) is 10.0. The van der Waals surface area contributed by atoms with E-state index in [2.05, 4.69) is 21.7 Å². The molecule has 1 aliphatic rings. The zero-order valence-corrected chi connectivity index (χ0v) is 10.0. The van der Waals surface area contributed by atoms with E-state index in [0.717, 1.165) is 5.69 Å². The maximum Gasteiger partial charge on any atom is 0.0957 e. The van der Waals surface area contributed by atoms with Crippen molar-refractivity contribution in [3.8, 4) is 11.3 Å². The van der Waals surface area contributed by atoms with Gasteiger partial charge in [0.25, 0.3) is 0 Å². The van der Waals surface area contributed by atoms with Gasteiger partial charge in [-0.2, -0.15) is 0 Å². The van der Waals surface area contributed by atoms with Crippen LogP contribution < -0.4 is 0 Å². The summed E-state index contributed by atoms with van der Waals surface area (Å²) in [6.45, 7) is 4.09. The van der Waals surface area contributed by atoms with Crippen LogP contribution in [-0.4, -0.2) is 20.8 Å². The highest BCUT2D eigenvalue weighted by Gasteiger charge is 2.34. The van der Waals surface area contributed by atoms with E-state index in [9.17, 15) is 5.11 Å². The lowest BCUT2D eigenvalue weighted by Crippen LogP contribution is -2.27. The van der Waals surface area contributed by atoms with Gasteiger partial charge in [-0.3, -0.25) is 0 Å². The minimum Gasteiger partial charge on any atom is -0.390 e. The van der Waals surface area contributed by atoms with E-state index in [4.69, 9.17) is 0 Å². The fourth-order valence-electron chi connectivity index (χ4n) is 2.59. The van der Waals surface area contributed by atoms with Gasteiger partial charge >= 0.3 is 0 Å². The number of aliphatic hydroxyl groups is 1. The van der Waals surface area contributed by atoms with E-state index < -0.39 is 0 Å².